The van der Waals surface area contributed by atoms with Crippen LogP contribution in [-0.4, -0.2) is 24.8 Å². The molecule has 0 N–H and O–H groups in total. The zero-order valence-corrected chi connectivity index (χ0v) is 14.6. The molecule has 130 valence electrons. The number of hydrogen-bond acceptors (Lipinski definition) is 4. The van der Waals surface area contributed by atoms with Crippen LogP contribution in [0.4, 0.5) is 17.6 Å². The summed E-state index contributed by atoms with van der Waals surface area (Å²) in [5.74, 6) is -3.81. The number of alkyl halides is 4. The van der Waals surface area contributed by atoms with Crippen LogP contribution in [0.1, 0.15) is 26.3 Å². The quantitative estimate of drug-likeness (QED) is 0.501. The Morgan fingerprint density at radius 1 is 0.913 bits per heavy atom. The van der Waals surface area contributed by atoms with E-state index in [1.807, 2.05) is 20.8 Å². The first kappa shape index (κ1) is 19.7. The van der Waals surface area contributed by atoms with Gasteiger partial charge >= 0.3 is 138 Å². The van der Waals surface area contributed by atoms with E-state index in [1.165, 1.54) is 12.1 Å². The summed E-state index contributed by atoms with van der Waals surface area (Å²) >= 11 is -3.76. The van der Waals surface area contributed by atoms with E-state index in [9.17, 15) is 27.2 Å². The van der Waals surface area contributed by atoms with Gasteiger partial charge in [-0.2, -0.15) is 0 Å². The summed E-state index contributed by atoms with van der Waals surface area (Å²) in [7, 11) is 0. The van der Waals surface area contributed by atoms with Gasteiger partial charge in [-0.15, -0.1) is 0 Å². The molecule has 0 aliphatic carbocycles. The Morgan fingerprint density at radius 3 is 1.61 bits per heavy atom. The minimum absolute atomic E-state index is 0.144. The van der Waals surface area contributed by atoms with E-state index in [1.54, 1.807) is 12.1 Å². The van der Waals surface area contributed by atoms with Crippen molar-refractivity contribution < 1.29 is 33.3 Å². The molecule has 1 aromatic carbocycles. The van der Waals surface area contributed by atoms with Crippen molar-refractivity contribution in [1.82, 2.24) is 0 Å². The first-order valence-electron chi connectivity index (χ1n) is 6.34. The monoisotopic (exact) mass is 450 g/mol. The summed E-state index contributed by atoms with van der Waals surface area (Å²) in [5.41, 5.74) is 0.689. The summed E-state index contributed by atoms with van der Waals surface area (Å²) in [6.45, 7) is 5.81. The first-order valence-corrected chi connectivity index (χ1v) is 9.18. The van der Waals surface area contributed by atoms with Crippen molar-refractivity contribution in [2.45, 2.75) is 39.0 Å². The van der Waals surface area contributed by atoms with Gasteiger partial charge < -0.3 is 0 Å². The normalized spacial score (nSPS) is 12.3. The van der Waals surface area contributed by atoms with E-state index >= 15 is 0 Å². The number of carbonyl (C=O) groups excluding carboxylic acids is 2. The van der Waals surface area contributed by atoms with Crippen LogP contribution in [0.3, 0.4) is 0 Å². The topological polar surface area (TPSA) is 52.6 Å². The van der Waals surface area contributed by atoms with E-state index in [0.29, 0.717) is 0 Å². The molecule has 0 heterocycles. The standard InChI is InChI=1S/C14H15F4IO4/c1-14(2,3)8-4-6-9(7-5-8)19(22-12(20)10(15)16)23-13(21)11(17)18/h4-7,10-11H,1-3H3. The number of benzene rings is 1. The van der Waals surface area contributed by atoms with Crippen LogP contribution in [0.5, 0.6) is 0 Å². The first-order chi connectivity index (χ1) is 10.5. The molecule has 0 amide bonds. The molecule has 9 heteroatoms. The van der Waals surface area contributed by atoms with Crippen molar-refractivity contribution in [1.29, 1.82) is 0 Å². The number of carbonyl (C=O) groups is 2. The van der Waals surface area contributed by atoms with E-state index in [2.05, 4.69) is 6.13 Å². The Bertz CT molecular complexity index is 533. The SMILES string of the molecule is CC(C)(C)c1ccc(I(OC(=O)C(F)F)OC(=O)C(F)F)cc1. The molecule has 0 fully saturated rings. The molecule has 23 heavy (non-hydrogen) atoms. The Hall–Kier alpha value is -1.39. The summed E-state index contributed by atoms with van der Waals surface area (Å²) in [6.07, 6.45) is -6.87. The predicted octanol–water partition coefficient (Wildman–Crippen LogP) is 4.11. The molecule has 0 spiro atoms. The van der Waals surface area contributed by atoms with E-state index in [0.717, 1.165) is 5.56 Å². The van der Waals surface area contributed by atoms with Gasteiger partial charge in [-0.05, 0) is 0 Å². The van der Waals surface area contributed by atoms with E-state index in [4.69, 9.17) is 0 Å². The van der Waals surface area contributed by atoms with Crippen molar-refractivity contribution in [2.75, 3.05) is 0 Å². The zero-order chi connectivity index (χ0) is 17.8. The third kappa shape index (κ3) is 5.96. The van der Waals surface area contributed by atoms with Gasteiger partial charge in [0.1, 0.15) is 0 Å². The second-order valence-corrected chi connectivity index (χ2v) is 8.73. The van der Waals surface area contributed by atoms with Crippen molar-refractivity contribution in [3.05, 3.63) is 33.4 Å². The van der Waals surface area contributed by atoms with E-state index < -0.39 is 45.4 Å². The van der Waals surface area contributed by atoms with Crippen LogP contribution in [-0.2, 0) is 21.1 Å². The molecule has 0 saturated heterocycles. The number of hydrogen-bond donors (Lipinski definition) is 0. The van der Waals surface area contributed by atoms with Gasteiger partial charge in [-0.25, -0.2) is 0 Å². The summed E-state index contributed by atoms with van der Waals surface area (Å²) in [5, 5.41) is 0. The second kappa shape index (κ2) is 7.93. The van der Waals surface area contributed by atoms with Gasteiger partial charge in [-0.3, -0.25) is 0 Å². The summed E-state index contributed by atoms with van der Waals surface area (Å²) < 4.78 is 58.1. The fraction of sp³-hybridized carbons (Fsp3) is 0.429. The fourth-order valence-corrected chi connectivity index (χ4v) is 4.08. The van der Waals surface area contributed by atoms with Crippen molar-refractivity contribution in [2.24, 2.45) is 0 Å². The average molecular weight is 450 g/mol. The Morgan fingerprint density at radius 2 is 1.30 bits per heavy atom. The zero-order valence-electron chi connectivity index (χ0n) is 12.5. The Labute approximate surface area is 138 Å². The fourth-order valence-electron chi connectivity index (χ4n) is 1.36. The van der Waals surface area contributed by atoms with Crippen LogP contribution < -0.4 is 0 Å². The molecule has 0 aliphatic rings. The molecular weight excluding hydrogens is 435 g/mol. The van der Waals surface area contributed by atoms with Crippen LogP contribution in [0.25, 0.3) is 0 Å². The molecule has 1 rings (SSSR count). The minimum atomic E-state index is -3.76. The van der Waals surface area contributed by atoms with Gasteiger partial charge in [0.25, 0.3) is 0 Å². The average Bonchev–Trinajstić information content (AvgIpc) is 2.45. The molecule has 1 aromatic rings. The maximum atomic E-state index is 12.3. The predicted molar refractivity (Wildman–Crippen MR) is 82.1 cm³/mol. The number of rotatable bonds is 5. The van der Waals surface area contributed by atoms with Gasteiger partial charge in [0.05, 0.1) is 0 Å². The molecule has 0 unspecified atom stereocenters. The van der Waals surface area contributed by atoms with Gasteiger partial charge in [0.15, 0.2) is 0 Å². The summed E-state index contributed by atoms with van der Waals surface area (Å²) in [6, 6.07) is 6.10. The maximum absolute atomic E-state index is 12.3. The molecular formula is C14H15F4IO4. The molecule has 0 saturated carbocycles. The van der Waals surface area contributed by atoms with Crippen molar-refractivity contribution in [3.63, 3.8) is 0 Å². The molecule has 0 aromatic heterocycles. The molecule has 0 atom stereocenters. The van der Waals surface area contributed by atoms with Crippen LogP contribution in [0.2, 0.25) is 0 Å². The van der Waals surface area contributed by atoms with Gasteiger partial charge in [0, 0.05) is 0 Å². The Balaban J connectivity index is 3.03. The third-order valence-corrected chi connectivity index (χ3v) is 5.94. The Kier molecular flexibility index (Phi) is 6.78. The van der Waals surface area contributed by atoms with Crippen LogP contribution >= 0.6 is 20.6 Å². The molecule has 0 bridgehead atoms. The molecule has 4 nitrogen and oxygen atoms in total. The number of halogens is 5. The molecule has 0 radical (unpaired) electrons. The van der Waals surface area contributed by atoms with Crippen molar-refractivity contribution >= 4 is 32.6 Å². The van der Waals surface area contributed by atoms with Crippen LogP contribution in [0.15, 0.2) is 24.3 Å². The van der Waals surface area contributed by atoms with Crippen LogP contribution in [0, 0.1) is 3.57 Å². The van der Waals surface area contributed by atoms with Crippen molar-refractivity contribution in [3.8, 4) is 0 Å². The van der Waals surface area contributed by atoms with E-state index in [-0.39, 0.29) is 8.99 Å². The van der Waals surface area contributed by atoms with Gasteiger partial charge in [-0.1, -0.05) is 0 Å². The third-order valence-electron chi connectivity index (χ3n) is 2.54. The summed E-state index contributed by atoms with van der Waals surface area (Å²) in [4.78, 5) is 22.0. The molecule has 0 aliphatic heterocycles. The second-order valence-electron chi connectivity index (χ2n) is 5.37. The van der Waals surface area contributed by atoms with Gasteiger partial charge in [0.2, 0.25) is 0 Å².